The summed E-state index contributed by atoms with van der Waals surface area (Å²) in [4.78, 5) is 23.6. The van der Waals surface area contributed by atoms with Crippen LogP contribution in [-0.2, 0) is 0 Å². The van der Waals surface area contributed by atoms with Crippen molar-refractivity contribution in [3.05, 3.63) is 65.2 Å². The van der Waals surface area contributed by atoms with E-state index in [4.69, 9.17) is 5.84 Å². The highest BCUT2D eigenvalue weighted by molar-refractivity contribution is 6.06. The Morgan fingerprint density at radius 3 is 2.45 bits per heavy atom. The Balaban J connectivity index is 2.20. The van der Waals surface area contributed by atoms with Crippen LogP contribution in [0, 0.1) is 6.92 Å². The van der Waals surface area contributed by atoms with E-state index in [0.717, 1.165) is 5.56 Å². The third-order valence-electron chi connectivity index (χ3n) is 2.90. The lowest BCUT2D eigenvalue weighted by atomic mass is 10.1. The van der Waals surface area contributed by atoms with Crippen LogP contribution in [0.1, 0.15) is 26.3 Å². The lowest BCUT2D eigenvalue weighted by Gasteiger charge is -2.08. The molecule has 0 radical (unpaired) electrons. The predicted molar refractivity (Wildman–Crippen MR) is 77.2 cm³/mol. The van der Waals surface area contributed by atoms with Gasteiger partial charge in [-0.25, -0.2) is 5.84 Å². The summed E-state index contributed by atoms with van der Waals surface area (Å²) in [6.07, 6.45) is 0. The maximum atomic E-state index is 12.1. The van der Waals surface area contributed by atoms with E-state index in [0.29, 0.717) is 16.8 Å². The van der Waals surface area contributed by atoms with E-state index in [2.05, 4.69) is 10.7 Å². The van der Waals surface area contributed by atoms with Crippen molar-refractivity contribution >= 4 is 17.5 Å². The zero-order chi connectivity index (χ0) is 14.5. The molecule has 20 heavy (non-hydrogen) atoms. The second-order valence-corrected chi connectivity index (χ2v) is 4.32. The molecule has 0 aliphatic heterocycles. The van der Waals surface area contributed by atoms with E-state index in [1.54, 1.807) is 36.4 Å². The van der Waals surface area contributed by atoms with Gasteiger partial charge in [-0.3, -0.25) is 15.0 Å². The first-order valence-corrected chi connectivity index (χ1v) is 6.10. The number of hydrazine groups is 1. The van der Waals surface area contributed by atoms with Crippen molar-refractivity contribution in [2.45, 2.75) is 6.92 Å². The minimum absolute atomic E-state index is 0.214. The van der Waals surface area contributed by atoms with Crippen LogP contribution in [0.2, 0.25) is 0 Å². The van der Waals surface area contributed by atoms with Crippen LogP contribution in [-0.4, -0.2) is 11.8 Å². The Kier molecular flexibility index (Phi) is 4.12. The Hall–Kier alpha value is -2.66. The van der Waals surface area contributed by atoms with Crippen LogP contribution in [0.3, 0.4) is 0 Å². The first kappa shape index (κ1) is 13.8. The zero-order valence-corrected chi connectivity index (χ0v) is 11.0. The van der Waals surface area contributed by atoms with Crippen LogP contribution < -0.4 is 16.6 Å². The Morgan fingerprint density at radius 2 is 1.75 bits per heavy atom. The molecule has 2 amide bonds. The molecular formula is C15H15N3O2. The third kappa shape index (κ3) is 3.02. The van der Waals surface area contributed by atoms with E-state index in [-0.39, 0.29) is 5.91 Å². The van der Waals surface area contributed by atoms with Crippen LogP contribution in [0.15, 0.2) is 48.5 Å². The van der Waals surface area contributed by atoms with Crippen molar-refractivity contribution in [3.8, 4) is 0 Å². The molecule has 5 nitrogen and oxygen atoms in total. The molecule has 2 aromatic rings. The number of nitrogen functional groups attached to an aromatic ring is 1. The van der Waals surface area contributed by atoms with Crippen LogP contribution in [0.4, 0.5) is 5.69 Å². The van der Waals surface area contributed by atoms with Gasteiger partial charge in [-0.2, -0.15) is 0 Å². The highest BCUT2D eigenvalue weighted by Gasteiger charge is 2.10. The molecule has 2 rings (SSSR count). The summed E-state index contributed by atoms with van der Waals surface area (Å²) in [6.45, 7) is 1.87. The second kappa shape index (κ2) is 5.99. The molecule has 102 valence electrons. The fourth-order valence-corrected chi connectivity index (χ4v) is 1.85. The standard InChI is InChI=1S/C15H15N3O2/c1-10-5-2-3-8-13(10)15(20)17-12-7-4-6-11(9-12)14(19)18-16/h2-9H,16H2,1H3,(H,17,20)(H,18,19). The number of nitrogens with two attached hydrogens (primary N) is 1. The number of hydrogen-bond acceptors (Lipinski definition) is 3. The summed E-state index contributed by atoms with van der Waals surface area (Å²) >= 11 is 0. The van der Waals surface area contributed by atoms with Gasteiger partial charge < -0.3 is 5.32 Å². The lowest BCUT2D eigenvalue weighted by Crippen LogP contribution is -2.30. The molecule has 0 fully saturated rings. The zero-order valence-electron chi connectivity index (χ0n) is 11.0. The van der Waals surface area contributed by atoms with E-state index < -0.39 is 5.91 Å². The predicted octanol–water partition coefficient (Wildman–Crippen LogP) is 1.85. The summed E-state index contributed by atoms with van der Waals surface area (Å²) in [5, 5.41) is 2.76. The maximum absolute atomic E-state index is 12.1. The summed E-state index contributed by atoms with van der Waals surface area (Å²) in [5.41, 5.74) is 4.46. The van der Waals surface area contributed by atoms with Crippen molar-refractivity contribution < 1.29 is 9.59 Å². The molecule has 0 saturated carbocycles. The molecule has 0 heterocycles. The monoisotopic (exact) mass is 269 g/mol. The SMILES string of the molecule is Cc1ccccc1C(=O)Nc1cccc(C(=O)NN)c1. The minimum atomic E-state index is -0.406. The number of anilines is 1. The first-order valence-electron chi connectivity index (χ1n) is 6.10. The van der Waals surface area contributed by atoms with Crippen molar-refractivity contribution in [2.75, 3.05) is 5.32 Å². The molecule has 0 atom stereocenters. The van der Waals surface area contributed by atoms with Gasteiger partial charge in [-0.05, 0) is 36.8 Å². The van der Waals surface area contributed by atoms with E-state index in [1.807, 2.05) is 19.1 Å². The number of carbonyl (C=O) groups excluding carboxylic acids is 2. The van der Waals surface area contributed by atoms with Gasteiger partial charge >= 0.3 is 0 Å². The number of aryl methyl sites for hydroxylation is 1. The van der Waals surface area contributed by atoms with Gasteiger partial charge in [0.15, 0.2) is 0 Å². The molecule has 5 heteroatoms. The topological polar surface area (TPSA) is 84.2 Å². The lowest BCUT2D eigenvalue weighted by molar-refractivity contribution is 0.0952. The van der Waals surface area contributed by atoms with Crippen LogP contribution in [0.5, 0.6) is 0 Å². The Morgan fingerprint density at radius 1 is 1.00 bits per heavy atom. The molecule has 0 unspecified atom stereocenters. The number of amides is 2. The smallest absolute Gasteiger partial charge is 0.265 e. The van der Waals surface area contributed by atoms with E-state index in [9.17, 15) is 9.59 Å². The van der Waals surface area contributed by atoms with Gasteiger partial charge in [0, 0.05) is 16.8 Å². The molecule has 0 aliphatic rings. The van der Waals surface area contributed by atoms with Crippen molar-refractivity contribution in [3.63, 3.8) is 0 Å². The average molecular weight is 269 g/mol. The van der Waals surface area contributed by atoms with Gasteiger partial charge in [0.1, 0.15) is 0 Å². The normalized spacial score (nSPS) is 9.90. The number of carbonyl (C=O) groups is 2. The maximum Gasteiger partial charge on any atom is 0.265 e. The van der Waals surface area contributed by atoms with Crippen molar-refractivity contribution in [1.29, 1.82) is 0 Å². The molecule has 2 aromatic carbocycles. The number of nitrogens with one attached hydrogen (secondary N) is 2. The largest absolute Gasteiger partial charge is 0.322 e. The minimum Gasteiger partial charge on any atom is -0.322 e. The van der Waals surface area contributed by atoms with Crippen molar-refractivity contribution in [2.24, 2.45) is 5.84 Å². The fourth-order valence-electron chi connectivity index (χ4n) is 1.85. The molecule has 0 aromatic heterocycles. The summed E-state index contributed by atoms with van der Waals surface area (Å²) < 4.78 is 0. The van der Waals surface area contributed by atoms with E-state index >= 15 is 0 Å². The first-order chi connectivity index (χ1) is 9.61. The molecule has 4 N–H and O–H groups in total. The van der Waals surface area contributed by atoms with Crippen LogP contribution >= 0.6 is 0 Å². The highest BCUT2D eigenvalue weighted by Crippen LogP contribution is 2.14. The van der Waals surface area contributed by atoms with Gasteiger partial charge in [0.25, 0.3) is 11.8 Å². The second-order valence-electron chi connectivity index (χ2n) is 4.32. The molecular weight excluding hydrogens is 254 g/mol. The van der Waals surface area contributed by atoms with E-state index in [1.165, 1.54) is 0 Å². The number of benzene rings is 2. The molecule has 0 spiro atoms. The highest BCUT2D eigenvalue weighted by atomic mass is 16.2. The number of hydrogen-bond donors (Lipinski definition) is 3. The van der Waals surface area contributed by atoms with Gasteiger partial charge in [0.05, 0.1) is 0 Å². The quantitative estimate of drug-likeness (QED) is 0.451. The molecule has 0 saturated heterocycles. The third-order valence-corrected chi connectivity index (χ3v) is 2.90. The number of rotatable bonds is 3. The summed E-state index contributed by atoms with van der Waals surface area (Å²) in [6, 6.07) is 13.9. The average Bonchev–Trinajstić information content (AvgIpc) is 2.47. The summed E-state index contributed by atoms with van der Waals surface area (Å²) in [5.74, 6) is 4.46. The van der Waals surface area contributed by atoms with Gasteiger partial charge in [-0.1, -0.05) is 24.3 Å². The fraction of sp³-hybridized carbons (Fsp3) is 0.0667. The van der Waals surface area contributed by atoms with Crippen molar-refractivity contribution in [1.82, 2.24) is 5.43 Å². The molecule has 0 bridgehead atoms. The summed E-state index contributed by atoms with van der Waals surface area (Å²) in [7, 11) is 0. The Labute approximate surface area is 116 Å². The van der Waals surface area contributed by atoms with Crippen LogP contribution in [0.25, 0.3) is 0 Å². The van der Waals surface area contributed by atoms with Gasteiger partial charge in [-0.15, -0.1) is 0 Å². The Bertz CT molecular complexity index is 653. The molecule has 0 aliphatic carbocycles. The van der Waals surface area contributed by atoms with Gasteiger partial charge in [0.2, 0.25) is 0 Å².